The second-order valence-corrected chi connectivity index (χ2v) is 6.59. The van der Waals surface area contributed by atoms with Crippen LogP contribution in [0.3, 0.4) is 0 Å². The van der Waals surface area contributed by atoms with Gasteiger partial charge in [-0.25, -0.2) is 0 Å². The largest absolute Gasteiger partial charge is 0.459 e. The summed E-state index contributed by atoms with van der Waals surface area (Å²) in [4.78, 5) is 14.2. The van der Waals surface area contributed by atoms with Gasteiger partial charge in [0.05, 0.1) is 11.6 Å². The van der Waals surface area contributed by atoms with Gasteiger partial charge in [-0.15, -0.1) is 0 Å². The molecule has 0 bridgehead atoms. The molecule has 2 aromatic carbocycles. The number of nitriles is 1. The number of hydrogen-bond acceptors (Lipinski definition) is 4. The van der Waals surface area contributed by atoms with Crippen molar-refractivity contribution in [1.82, 2.24) is 0 Å². The third kappa shape index (κ3) is 5.44. The molecule has 0 saturated heterocycles. The van der Waals surface area contributed by atoms with Gasteiger partial charge in [0.1, 0.15) is 12.1 Å². The van der Waals surface area contributed by atoms with Crippen LogP contribution in [0.4, 0.5) is 5.69 Å². The summed E-state index contributed by atoms with van der Waals surface area (Å²) in [6.45, 7) is 6.24. The lowest BCUT2D eigenvalue weighted by molar-refractivity contribution is -0.153. The lowest BCUT2D eigenvalue weighted by atomic mass is 10.1. The van der Waals surface area contributed by atoms with E-state index in [0.717, 1.165) is 11.3 Å². The molecule has 0 aliphatic heterocycles. The highest BCUT2D eigenvalue weighted by Crippen LogP contribution is 2.19. The van der Waals surface area contributed by atoms with Gasteiger partial charge in [-0.05, 0) is 44.5 Å². The maximum atomic E-state index is 12.3. The molecule has 0 heterocycles. The first-order chi connectivity index (χ1) is 11.4. The van der Waals surface area contributed by atoms with Crippen molar-refractivity contribution in [3.63, 3.8) is 0 Å². The molecular formula is C20H22N2O2. The summed E-state index contributed by atoms with van der Waals surface area (Å²) in [5.74, 6) is -0.291. The van der Waals surface area contributed by atoms with Crippen molar-refractivity contribution in [2.75, 3.05) is 11.4 Å². The number of anilines is 1. The zero-order valence-corrected chi connectivity index (χ0v) is 14.3. The van der Waals surface area contributed by atoms with E-state index < -0.39 is 5.60 Å². The molecule has 0 fully saturated rings. The van der Waals surface area contributed by atoms with Crippen LogP contribution in [0.15, 0.2) is 54.6 Å². The van der Waals surface area contributed by atoms with Gasteiger partial charge < -0.3 is 9.64 Å². The molecule has 0 radical (unpaired) electrons. The minimum Gasteiger partial charge on any atom is -0.459 e. The van der Waals surface area contributed by atoms with E-state index in [0.29, 0.717) is 12.1 Å². The highest BCUT2D eigenvalue weighted by Gasteiger charge is 2.19. The fourth-order valence-electron chi connectivity index (χ4n) is 2.34. The molecule has 0 aliphatic carbocycles. The van der Waals surface area contributed by atoms with Gasteiger partial charge in [-0.3, -0.25) is 4.79 Å². The second-order valence-electron chi connectivity index (χ2n) is 6.59. The van der Waals surface area contributed by atoms with Crippen LogP contribution in [0.1, 0.15) is 31.9 Å². The van der Waals surface area contributed by atoms with Crippen LogP contribution >= 0.6 is 0 Å². The highest BCUT2D eigenvalue weighted by molar-refractivity contribution is 5.76. The summed E-state index contributed by atoms with van der Waals surface area (Å²) in [5.41, 5.74) is 1.95. The molecule has 0 atom stereocenters. The van der Waals surface area contributed by atoms with Crippen LogP contribution in [0, 0.1) is 11.3 Å². The van der Waals surface area contributed by atoms with E-state index in [1.807, 2.05) is 68.1 Å². The number of carbonyl (C=O) groups is 1. The van der Waals surface area contributed by atoms with Crippen LogP contribution in [0.25, 0.3) is 0 Å². The third-order valence-corrected chi connectivity index (χ3v) is 3.30. The van der Waals surface area contributed by atoms with Gasteiger partial charge in [-0.1, -0.05) is 36.4 Å². The minimum atomic E-state index is -0.524. The highest BCUT2D eigenvalue weighted by atomic mass is 16.6. The Bertz CT molecular complexity index is 727. The lowest BCUT2D eigenvalue weighted by Gasteiger charge is -2.27. The first-order valence-corrected chi connectivity index (χ1v) is 7.88. The van der Waals surface area contributed by atoms with Crippen molar-refractivity contribution in [2.45, 2.75) is 32.9 Å². The Morgan fingerprint density at radius 1 is 1.12 bits per heavy atom. The number of esters is 1. The summed E-state index contributed by atoms with van der Waals surface area (Å²) < 4.78 is 5.44. The molecule has 0 amide bonds. The minimum absolute atomic E-state index is 0.126. The van der Waals surface area contributed by atoms with E-state index >= 15 is 0 Å². The summed E-state index contributed by atoms with van der Waals surface area (Å²) in [7, 11) is 0. The average Bonchev–Trinajstić information content (AvgIpc) is 2.53. The molecule has 24 heavy (non-hydrogen) atoms. The van der Waals surface area contributed by atoms with Gasteiger partial charge in [0, 0.05) is 12.2 Å². The van der Waals surface area contributed by atoms with Gasteiger partial charge in [0.25, 0.3) is 0 Å². The molecule has 124 valence electrons. The molecule has 2 rings (SSSR count). The van der Waals surface area contributed by atoms with Gasteiger partial charge in [0.15, 0.2) is 0 Å². The molecular weight excluding hydrogens is 300 g/mol. The van der Waals surface area contributed by atoms with E-state index in [1.54, 1.807) is 12.1 Å². The van der Waals surface area contributed by atoms with Crippen LogP contribution < -0.4 is 4.90 Å². The molecule has 0 aliphatic rings. The Morgan fingerprint density at radius 3 is 2.46 bits per heavy atom. The third-order valence-electron chi connectivity index (χ3n) is 3.30. The molecule has 2 aromatic rings. The van der Waals surface area contributed by atoms with Crippen molar-refractivity contribution in [3.8, 4) is 6.07 Å². The number of benzene rings is 2. The van der Waals surface area contributed by atoms with Gasteiger partial charge >= 0.3 is 5.97 Å². The van der Waals surface area contributed by atoms with Crippen LogP contribution in [0.5, 0.6) is 0 Å². The number of carbonyl (C=O) groups excluding carboxylic acids is 1. The quantitative estimate of drug-likeness (QED) is 0.783. The Hall–Kier alpha value is -2.80. The number of nitrogens with zero attached hydrogens (tertiary/aromatic N) is 2. The maximum absolute atomic E-state index is 12.3. The lowest BCUT2D eigenvalue weighted by Crippen LogP contribution is -2.34. The molecule has 0 saturated carbocycles. The molecule has 0 N–H and O–H groups in total. The number of rotatable bonds is 5. The van der Waals surface area contributed by atoms with E-state index in [4.69, 9.17) is 10.00 Å². The average molecular weight is 322 g/mol. The van der Waals surface area contributed by atoms with Crippen molar-refractivity contribution in [2.24, 2.45) is 0 Å². The van der Waals surface area contributed by atoms with E-state index in [1.165, 1.54) is 0 Å². The van der Waals surface area contributed by atoms with Crippen molar-refractivity contribution in [3.05, 3.63) is 65.7 Å². The first-order valence-electron chi connectivity index (χ1n) is 7.88. The monoisotopic (exact) mass is 322 g/mol. The predicted molar refractivity (Wildman–Crippen MR) is 94.5 cm³/mol. The molecule has 0 aromatic heterocycles. The molecule has 4 heteroatoms. The summed E-state index contributed by atoms with van der Waals surface area (Å²) in [6, 6.07) is 19.3. The SMILES string of the molecule is CC(C)(C)OC(=O)CN(Cc1ccccc1)c1cccc(C#N)c1. The summed E-state index contributed by atoms with van der Waals surface area (Å²) in [6.07, 6.45) is 0. The second kappa shape index (κ2) is 7.65. The van der Waals surface area contributed by atoms with Crippen LogP contribution in [-0.2, 0) is 16.1 Å². The van der Waals surface area contributed by atoms with Crippen molar-refractivity contribution in [1.29, 1.82) is 5.26 Å². The standard InChI is InChI=1S/C20H22N2O2/c1-20(2,3)24-19(23)15-22(14-16-8-5-4-6-9-16)18-11-7-10-17(12-18)13-21/h4-12H,14-15H2,1-3H3. The molecule has 4 nitrogen and oxygen atoms in total. The van der Waals surface area contributed by atoms with Gasteiger partial charge in [-0.2, -0.15) is 5.26 Å². The zero-order chi connectivity index (χ0) is 17.6. The van der Waals surface area contributed by atoms with Crippen molar-refractivity contribution >= 4 is 11.7 Å². The molecule has 0 spiro atoms. The smallest absolute Gasteiger partial charge is 0.326 e. The fourth-order valence-corrected chi connectivity index (χ4v) is 2.34. The first kappa shape index (κ1) is 17.6. The Kier molecular flexibility index (Phi) is 5.59. The topological polar surface area (TPSA) is 53.3 Å². The zero-order valence-electron chi connectivity index (χ0n) is 14.3. The fraction of sp³-hybridized carbons (Fsp3) is 0.300. The van der Waals surface area contributed by atoms with Crippen LogP contribution in [-0.4, -0.2) is 18.1 Å². The normalized spacial score (nSPS) is 10.8. The van der Waals surface area contributed by atoms with Gasteiger partial charge in [0.2, 0.25) is 0 Å². The number of ether oxygens (including phenoxy) is 1. The Balaban J connectivity index is 2.24. The van der Waals surface area contributed by atoms with E-state index in [2.05, 4.69) is 6.07 Å². The summed E-state index contributed by atoms with van der Waals surface area (Å²) >= 11 is 0. The van der Waals surface area contributed by atoms with E-state index in [-0.39, 0.29) is 12.5 Å². The van der Waals surface area contributed by atoms with E-state index in [9.17, 15) is 4.79 Å². The predicted octanol–water partition coefficient (Wildman–Crippen LogP) is 3.91. The van der Waals surface area contributed by atoms with Crippen molar-refractivity contribution < 1.29 is 9.53 Å². The Morgan fingerprint density at radius 2 is 1.83 bits per heavy atom. The molecule has 0 unspecified atom stereocenters. The Labute approximate surface area is 143 Å². The van der Waals surface area contributed by atoms with Crippen LogP contribution in [0.2, 0.25) is 0 Å². The summed E-state index contributed by atoms with van der Waals surface area (Å²) in [5, 5.41) is 9.11. The number of hydrogen-bond donors (Lipinski definition) is 0. The maximum Gasteiger partial charge on any atom is 0.326 e.